The largest absolute Gasteiger partial charge is 0.314 e. The molecule has 2 heterocycles. The average molecular weight is 280 g/mol. The Morgan fingerprint density at radius 3 is 2.00 bits per heavy atom. The second-order valence-electron chi connectivity index (χ2n) is 8.92. The standard InChI is InChI=1S/C18H36N2/c1-7-19-14-11-15-9-8-10-16(12-14)20(15)18(5,6)13-17(2,3)4/h14-16,19H,7-13H2,1-6H3. The molecule has 0 aromatic carbocycles. The van der Waals surface area contributed by atoms with Crippen LogP contribution in [0.5, 0.6) is 0 Å². The SMILES string of the molecule is CCNC1CC2CCCC(C1)N2C(C)(C)CC(C)(C)C. The summed E-state index contributed by atoms with van der Waals surface area (Å²) in [4.78, 5) is 2.91. The first-order valence-electron chi connectivity index (χ1n) is 8.75. The molecule has 2 heteroatoms. The van der Waals surface area contributed by atoms with Gasteiger partial charge in [0.25, 0.3) is 0 Å². The Bertz CT molecular complexity index is 302. The predicted molar refractivity (Wildman–Crippen MR) is 88.1 cm³/mol. The normalized spacial score (nSPS) is 32.4. The van der Waals surface area contributed by atoms with E-state index < -0.39 is 0 Å². The molecule has 2 fully saturated rings. The van der Waals surface area contributed by atoms with Crippen LogP contribution >= 0.6 is 0 Å². The van der Waals surface area contributed by atoms with E-state index in [0.717, 1.165) is 24.7 Å². The van der Waals surface area contributed by atoms with E-state index in [4.69, 9.17) is 0 Å². The molecule has 2 bridgehead atoms. The third-order valence-corrected chi connectivity index (χ3v) is 5.13. The van der Waals surface area contributed by atoms with Crippen LogP contribution in [0.25, 0.3) is 0 Å². The van der Waals surface area contributed by atoms with Crippen LogP contribution in [0.2, 0.25) is 0 Å². The molecule has 0 aromatic heterocycles. The number of nitrogens with zero attached hydrogens (tertiary/aromatic N) is 1. The number of fused-ring (bicyclic) bond motifs is 2. The highest BCUT2D eigenvalue weighted by Crippen LogP contribution is 2.42. The third-order valence-electron chi connectivity index (χ3n) is 5.13. The van der Waals surface area contributed by atoms with Crippen LogP contribution in [0.15, 0.2) is 0 Å². The molecule has 2 rings (SSSR count). The summed E-state index contributed by atoms with van der Waals surface area (Å²) in [7, 11) is 0. The van der Waals surface area contributed by atoms with Gasteiger partial charge in [0, 0.05) is 23.7 Å². The molecule has 0 amide bonds. The molecular formula is C18H36N2. The van der Waals surface area contributed by atoms with Gasteiger partial charge in [0.2, 0.25) is 0 Å². The lowest BCUT2D eigenvalue weighted by Gasteiger charge is -2.57. The zero-order valence-corrected chi connectivity index (χ0v) is 14.6. The third kappa shape index (κ3) is 3.76. The Labute approximate surface area is 126 Å². The van der Waals surface area contributed by atoms with Gasteiger partial charge >= 0.3 is 0 Å². The van der Waals surface area contributed by atoms with Crippen molar-refractivity contribution in [1.29, 1.82) is 0 Å². The minimum absolute atomic E-state index is 0.338. The Kier molecular flexibility index (Phi) is 4.86. The van der Waals surface area contributed by atoms with Crippen molar-refractivity contribution < 1.29 is 0 Å². The van der Waals surface area contributed by atoms with E-state index in [2.05, 4.69) is 51.8 Å². The van der Waals surface area contributed by atoms with Crippen molar-refractivity contribution in [3.05, 3.63) is 0 Å². The number of hydrogen-bond donors (Lipinski definition) is 1. The minimum atomic E-state index is 0.338. The van der Waals surface area contributed by atoms with Crippen LogP contribution in [0.1, 0.15) is 80.1 Å². The zero-order chi connectivity index (χ0) is 15.0. The number of nitrogens with one attached hydrogen (secondary N) is 1. The van der Waals surface area contributed by atoms with Gasteiger partial charge in [-0.3, -0.25) is 4.90 Å². The summed E-state index contributed by atoms with van der Waals surface area (Å²) >= 11 is 0. The van der Waals surface area contributed by atoms with Crippen molar-refractivity contribution in [2.75, 3.05) is 6.54 Å². The Balaban J connectivity index is 2.11. The summed E-state index contributed by atoms with van der Waals surface area (Å²) in [5, 5.41) is 3.71. The highest BCUT2D eigenvalue weighted by Gasteiger charge is 2.45. The van der Waals surface area contributed by atoms with Crippen LogP contribution in [-0.4, -0.2) is 35.1 Å². The number of rotatable bonds is 4. The van der Waals surface area contributed by atoms with Crippen LogP contribution < -0.4 is 5.32 Å². The van der Waals surface area contributed by atoms with Gasteiger partial charge in [-0.15, -0.1) is 0 Å². The van der Waals surface area contributed by atoms with Gasteiger partial charge < -0.3 is 5.32 Å². The van der Waals surface area contributed by atoms with Crippen molar-refractivity contribution >= 4 is 0 Å². The lowest BCUT2D eigenvalue weighted by atomic mass is 9.74. The molecule has 0 aliphatic carbocycles. The van der Waals surface area contributed by atoms with Crippen LogP contribution in [-0.2, 0) is 0 Å². The fourth-order valence-corrected chi connectivity index (χ4v) is 5.21. The Hall–Kier alpha value is -0.0800. The molecule has 118 valence electrons. The van der Waals surface area contributed by atoms with Crippen molar-refractivity contribution in [3.8, 4) is 0 Å². The van der Waals surface area contributed by atoms with E-state index in [0.29, 0.717) is 11.0 Å². The van der Waals surface area contributed by atoms with Crippen molar-refractivity contribution in [2.45, 2.75) is 104 Å². The van der Waals surface area contributed by atoms with Gasteiger partial charge in [0.15, 0.2) is 0 Å². The fourth-order valence-electron chi connectivity index (χ4n) is 5.21. The molecule has 1 N–H and O–H groups in total. The molecule has 0 spiro atoms. The molecular weight excluding hydrogens is 244 g/mol. The second-order valence-corrected chi connectivity index (χ2v) is 8.92. The van der Waals surface area contributed by atoms with Crippen molar-refractivity contribution in [2.24, 2.45) is 5.41 Å². The summed E-state index contributed by atoms with van der Waals surface area (Å²) in [6.07, 6.45) is 8.27. The van der Waals surface area contributed by atoms with Gasteiger partial charge in [-0.25, -0.2) is 0 Å². The maximum Gasteiger partial charge on any atom is 0.0164 e. The van der Waals surface area contributed by atoms with Crippen LogP contribution in [0.4, 0.5) is 0 Å². The maximum absolute atomic E-state index is 3.71. The van der Waals surface area contributed by atoms with Gasteiger partial charge in [-0.1, -0.05) is 34.1 Å². The summed E-state index contributed by atoms with van der Waals surface area (Å²) in [6.45, 7) is 15.5. The summed E-state index contributed by atoms with van der Waals surface area (Å²) in [5.74, 6) is 0. The zero-order valence-electron chi connectivity index (χ0n) is 14.6. The first kappa shape index (κ1) is 16.3. The maximum atomic E-state index is 3.71. The molecule has 2 aliphatic rings. The van der Waals surface area contributed by atoms with Crippen molar-refractivity contribution in [1.82, 2.24) is 10.2 Å². The van der Waals surface area contributed by atoms with E-state index in [1.807, 2.05) is 0 Å². The topological polar surface area (TPSA) is 15.3 Å². The van der Waals surface area contributed by atoms with E-state index in [1.54, 1.807) is 0 Å². The van der Waals surface area contributed by atoms with Gasteiger partial charge in [0.1, 0.15) is 0 Å². The smallest absolute Gasteiger partial charge is 0.0164 e. The summed E-state index contributed by atoms with van der Waals surface area (Å²) < 4.78 is 0. The molecule has 0 radical (unpaired) electrons. The Morgan fingerprint density at radius 2 is 1.55 bits per heavy atom. The van der Waals surface area contributed by atoms with Crippen LogP contribution in [0, 0.1) is 5.41 Å². The monoisotopic (exact) mass is 280 g/mol. The molecule has 0 saturated carbocycles. The predicted octanol–water partition coefficient (Wildman–Crippen LogP) is 4.20. The van der Waals surface area contributed by atoms with Gasteiger partial charge in [-0.05, 0) is 57.9 Å². The van der Waals surface area contributed by atoms with Crippen LogP contribution in [0.3, 0.4) is 0 Å². The van der Waals surface area contributed by atoms with E-state index >= 15 is 0 Å². The molecule has 2 atom stereocenters. The van der Waals surface area contributed by atoms with Gasteiger partial charge in [-0.2, -0.15) is 0 Å². The fraction of sp³-hybridized carbons (Fsp3) is 1.00. The lowest BCUT2D eigenvalue weighted by molar-refractivity contribution is -0.0622. The highest BCUT2D eigenvalue weighted by molar-refractivity contribution is 5.01. The van der Waals surface area contributed by atoms with E-state index in [1.165, 1.54) is 38.5 Å². The molecule has 0 aromatic rings. The van der Waals surface area contributed by atoms with E-state index in [9.17, 15) is 0 Å². The molecule has 2 nitrogen and oxygen atoms in total. The highest BCUT2D eigenvalue weighted by atomic mass is 15.3. The molecule has 2 aliphatic heterocycles. The van der Waals surface area contributed by atoms with E-state index in [-0.39, 0.29) is 0 Å². The summed E-state index contributed by atoms with van der Waals surface area (Å²) in [6, 6.07) is 2.38. The number of hydrogen-bond acceptors (Lipinski definition) is 2. The average Bonchev–Trinajstić information content (AvgIpc) is 2.24. The van der Waals surface area contributed by atoms with Gasteiger partial charge in [0.05, 0.1) is 0 Å². The Morgan fingerprint density at radius 1 is 1.00 bits per heavy atom. The summed E-state index contributed by atoms with van der Waals surface area (Å²) in [5.41, 5.74) is 0.751. The first-order chi connectivity index (χ1) is 9.23. The first-order valence-corrected chi connectivity index (χ1v) is 8.75. The molecule has 20 heavy (non-hydrogen) atoms. The van der Waals surface area contributed by atoms with Crippen molar-refractivity contribution in [3.63, 3.8) is 0 Å². The molecule has 2 saturated heterocycles. The number of piperidine rings is 2. The molecule has 2 unspecified atom stereocenters. The quantitative estimate of drug-likeness (QED) is 0.830. The minimum Gasteiger partial charge on any atom is -0.314 e. The lowest BCUT2D eigenvalue weighted by Crippen LogP contribution is -2.63. The second kappa shape index (κ2) is 5.96.